The first kappa shape index (κ1) is 17.2. The van der Waals surface area contributed by atoms with E-state index in [4.69, 9.17) is 0 Å². The number of hydrogen-bond acceptors (Lipinski definition) is 4. The molecule has 2 amide bonds. The van der Waals surface area contributed by atoms with Gasteiger partial charge in [-0.3, -0.25) is 19.6 Å². The fourth-order valence-electron chi connectivity index (χ4n) is 2.20. The van der Waals surface area contributed by atoms with Crippen molar-refractivity contribution in [2.24, 2.45) is 0 Å². The topological polar surface area (TPSA) is 84.0 Å². The van der Waals surface area contributed by atoms with Crippen LogP contribution in [0.1, 0.15) is 26.5 Å². The quantitative estimate of drug-likeness (QED) is 0.741. The number of pyridine rings is 2. The summed E-state index contributed by atoms with van der Waals surface area (Å²) < 4.78 is 12.9. The van der Waals surface area contributed by atoms with Crippen LogP contribution >= 0.6 is 0 Å². The second kappa shape index (κ2) is 7.98. The monoisotopic (exact) mass is 350 g/mol. The van der Waals surface area contributed by atoms with E-state index in [1.807, 2.05) is 6.07 Å². The summed E-state index contributed by atoms with van der Waals surface area (Å²) >= 11 is 0. The Morgan fingerprint density at radius 1 is 0.923 bits per heavy atom. The normalized spacial score (nSPS) is 10.2. The summed E-state index contributed by atoms with van der Waals surface area (Å²) in [6.45, 7) is 0.277. The molecule has 0 bridgehead atoms. The van der Waals surface area contributed by atoms with E-state index in [9.17, 15) is 14.0 Å². The fraction of sp³-hybridized carbons (Fsp3) is 0.0526. The number of anilines is 1. The molecule has 26 heavy (non-hydrogen) atoms. The lowest BCUT2D eigenvalue weighted by atomic mass is 10.2. The van der Waals surface area contributed by atoms with Crippen LogP contribution in [-0.4, -0.2) is 21.8 Å². The molecule has 0 atom stereocenters. The highest BCUT2D eigenvalue weighted by molar-refractivity contribution is 6.04. The van der Waals surface area contributed by atoms with Gasteiger partial charge in [-0.15, -0.1) is 0 Å². The predicted octanol–water partition coefficient (Wildman–Crippen LogP) is 2.80. The molecule has 6 nitrogen and oxygen atoms in total. The van der Waals surface area contributed by atoms with E-state index >= 15 is 0 Å². The zero-order valence-electron chi connectivity index (χ0n) is 13.6. The van der Waals surface area contributed by atoms with Gasteiger partial charge in [-0.2, -0.15) is 0 Å². The predicted molar refractivity (Wildman–Crippen MR) is 94.0 cm³/mol. The maximum absolute atomic E-state index is 12.9. The van der Waals surface area contributed by atoms with Crippen molar-refractivity contribution in [1.82, 2.24) is 15.3 Å². The van der Waals surface area contributed by atoms with Crippen molar-refractivity contribution in [3.63, 3.8) is 0 Å². The number of aromatic nitrogens is 2. The first-order valence-electron chi connectivity index (χ1n) is 7.83. The minimum Gasteiger partial charge on any atom is -0.346 e. The van der Waals surface area contributed by atoms with Crippen molar-refractivity contribution in [2.75, 3.05) is 5.32 Å². The summed E-state index contributed by atoms with van der Waals surface area (Å²) in [5, 5.41) is 5.33. The first-order valence-corrected chi connectivity index (χ1v) is 7.83. The Hall–Kier alpha value is -3.61. The van der Waals surface area contributed by atoms with Gasteiger partial charge in [0, 0.05) is 23.6 Å². The molecule has 0 aliphatic carbocycles. The standard InChI is InChI=1S/C19H15FN4O2/c20-14-4-6-15(7-5-14)24-19(26)17-11-13(8-10-22-17)18(25)23-12-16-3-1-2-9-21-16/h1-11H,12H2,(H,23,25)(H,24,26). The molecule has 0 radical (unpaired) electrons. The lowest BCUT2D eigenvalue weighted by Crippen LogP contribution is -2.24. The summed E-state index contributed by atoms with van der Waals surface area (Å²) in [7, 11) is 0. The van der Waals surface area contributed by atoms with E-state index in [0.29, 0.717) is 11.3 Å². The van der Waals surface area contributed by atoms with Crippen molar-refractivity contribution < 1.29 is 14.0 Å². The molecule has 2 N–H and O–H groups in total. The maximum atomic E-state index is 12.9. The lowest BCUT2D eigenvalue weighted by Gasteiger charge is -2.07. The van der Waals surface area contributed by atoms with Crippen molar-refractivity contribution >= 4 is 17.5 Å². The second-order valence-corrected chi connectivity index (χ2v) is 5.39. The van der Waals surface area contributed by atoms with Gasteiger partial charge < -0.3 is 10.6 Å². The average Bonchev–Trinajstić information content (AvgIpc) is 2.69. The number of halogens is 1. The zero-order valence-corrected chi connectivity index (χ0v) is 13.6. The van der Waals surface area contributed by atoms with Crippen LogP contribution in [0, 0.1) is 5.82 Å². The molecule has 0 saturated heterocycles. The summed E-state index contributed by atoms with van der Waals surface area (Å²) in [5.41, 5.74) is 1.55. The molecule has 3 rings (SSSR count). The number of carbonyl (C=O) groups is 2. The fourth-order valence-corrected chi connectivity index (χ4v) is 2.20. The van der Waals surface area contributed by atoms with Gasteiger partial charge in [0.25, 0.3) is 11.8 Å². The molecule has 130 valence electrons. The minimum absolute atomic E-state index is 0.0832. The number of hydrogen-bond donors (Lipinski definition) is 2. The molecule has 0 fully saturated rings. The van der Waals surface area contributed by atoms with Crippen LogP contribution in [0.3, 0.4) is 0 Å². The Kier molecular flexibility index (Phi) is 5.28. The number of benzene rings is 1. The van der Waals surface area contributed by atoms with E-state index in [0.717, 1.165) is 5.69 Å². The minimum atomic E-state index is -0.490. The maximum Gasteiger partial charge on any atom is 0.274 e. The number of amides is 2. The molecule has 2 aromatic heterocycles. The Labute approximate surface area is 149 Å². The highest BCUT2D eigenvalue weighted by atomic mass is 19.1. The highest BCUT2D eigenvalue weighted by Gasteiger charge is 2.12. The van der Waals surface area contributed by atoms with Gasteiger partial charge in [-0.1, -0.05) is 6.07 Å². The van der Waals surface area contributed by atoms with E-state index in [2.05, 4.69) is 20.6 Å². The van der Waals surface area contributed by atoms with E-state index in [1.54, 1.807) is 18.3 Å². The van der Waals surface area contributed by atoms with Gasteiger partial charge in [0.1, 0.15) is 11.5 Å². The molecule has 0 unspecified atom stereocenters. The summed E-state index contributed by atoms with van der Waals surface area (Å²) in [5.74, 6) is -1.22. The Morgan fingerprint density at radius 2 is 1.73 bits per heavy atom. The largest absolute Gasteiger partial charge is 0.346 e. The van der Waals surface area contributed by atoms with E-state index in [1.165, 1.54) is 42.6 Å². The Balaban J connectivity index is 1.66. The van der Waals surface area contributed by atoms with E-state index < -0.39 is 11.7 Å². The molecule has 3 aromatic rings. The highest BCUT2D eigenvalue weighted by Crippen LogP contribution is 2.10. The van der Waals surface area contributed by atoms with Crippen molar-refractivity contribution in [3.05, 3.63) is 89.8 Å². The first-order chi connectivity index (χ1) is 12.6. The third-order valence-electron chi connectivity index (χ3n) is 3.51. The van der Waals surface area contributed by atoms with Gasteiger partial charge >= 0.3 is 0 Å². The number of nitrogens with zero attached hydrogens (tertiary/aromatic N) is 2. The summed E-state index contributed by atoms with van der Waals surface area (Å²) in [4.78, 5) is 32.6. The van der Waals surface area contributed by atoms with Gasteiger partial charge in [0.15, 0.2) is 0 Å². The molecular formula is C19H15FN4O2. The van der Waals surface area contributed by atoms with Crippen LogP contribution in [0.25, 0.3) is 0 Å². The van der Waals surface area contributed by atoms with Crippen LogP contribution in [-0.2, 0) is 6.54 Å². The molecule has 7 heteroatoms. The SMILES string of the molecule is O=C(NCc1ccccn1)c1ccnc(C(=O)Nc2ccc(F)cc2)c1. The van der Waals surface area contributed by atoms with Gasteiger partial charge in [0.05, 0.1) is 12.2 Å². The molecule has 1 aromatic carbocycles. The second-order valence-electron chi connectivity index (χ2n) is 5.39. The van der Waals surface area contributed by atoms with E-state index in [-0.39, 0.29) is 18.1 Å². The third kappa shape index (κ3) is 4.47. The number of rotatable bonds is 5. The van der Waals surface area contributed by atoms with Gasteiger partial charge in [-0.05, 0) is 48.5 Å². The van der Waals surface area contributed by atoms with Gasteiger partial charge in [0.2, 0.25) is 0 Å². The molecule has 0 aliphatic heterocycles. The van der Waals surface area contributed by atoms with Crippen molar-refractivity contribution in [2.45, 2.75) is 6.54 Å². The number of nitrogens with one attached hydrogen (secondary N) is 2. The Bertz CT molecular complexity index is 914. The van der Waals surface area contributed by atoms with Crippen LogP contribution in [0.4, 0.5) is 10.1 Å². The third-order valence-corrected chi connectivity index (χ3v) is 3.51. The Morgan fingerprint density at radius 3 is 2.46 bits per heavy atom. The smallest absolute Gasteiger partial charge is 0.274 e. The van der Waals surface area contributed by atoms with Crippen LogP contribution in [0.2, 0.25) is 0 Å². The summed E-state index contributed by atoms with van der Waals surface area (Å²) in [6, 6.07) is 13.7. The van der Waals surface area contributed by atoms with Crippen molar-refractivity contribution in [1.29, 1.82) is 0 Å². The molecular weight excluding hydrogens is 335 g/mol. The molecule has 2 heterocycles. The molecule has 0 spiro atoms. The van der Waals surface area contributed by atoms with Gasteiger partial charge in [-0.25, -0.2) is 4.39 Å². The lowest BCUT2D eigenvalue weighted by molar-refractivity contribution is 0.0950. The van der Waals surface area contributed by atoms with Crippen LogP contribution in [0.15, 0.2) is 67.0 Å². The van der Waals surface area contributed by atoms with Crippen LogP contribution < -0.4 is 10.6 Å². The van der Waals surface area contributed by atoms with Crippen LogP contribution in [0.5, 0.6) is 0 Å². The molecule has 0 aliphatic rings. The number of carbonyl (C=O) groups excluding carboxylic acids is 2. The molecule has 0 saturated carbocycles. The average molecular weight is 350 g/mol. The van der Waals surface area contributed by atoms with Crippen molar-refractivity contribution in [3.8, 4) is 0 Å². The summed E-state index contributed by atoms with van der Waals surface area (Å²) in [6.07, 6.45) is 3.03. The zero-order chi connectivity index (χ0) is 18.4.